The number of halogens is 1. The molecule has 0 fully saturated rings. The number of hydrogen-bond acceptors (Lipinski definition) is 4. The fourth-order valence-electron chi connectivity index (χ4n) is 1.20. The van der Waals surface area contributed by atoms with Gasteiger partial charge in [0, 0.05) is 6.20 Å². The first kappa shape index (κ1) is 11.1. The van der Waals surface area contributed by atoms with Gasteiger partial charge in [-0.1, -0.05) is 11.6 Å². The predicted octanol–water partition coefficient (Wildman–Crippen LogP) is 1.58. The zero-order chi connectivity index (χ0) is 12.3. The van der Waals surface area contributed by atoms with E-state index in [-0.39, 0.29) is 22.1 Å². The number of carbonyl (C=O) groups is 1. The summed E-state index contributed by atoms with van der Waals surface area (Å²) < 4.78 is 0. The molecule has 1 amide bonds. The van der Waals surface area contributed by atoms with Crippen molar-refractivity contribution in [3.05, 3.63) is 40.8 Å². The van der Waals surface area contributed by atoms with E-state index in [0.717, 1.165) is 0 Å². The molecule has 2 aromatic heterocycles. The zero-order valence-corrected chi connectivity index (χ0v) is 9.19. The minimum Gasteiger partial charge on any atom is -0.306 e. The molecule has 7 heteroatoms. The summed E-state index contributed by atoms with van der Waals surface area (Å²) in [7, 11) is 0. The minimum atomic E-state index is -0.455. The van der Waals surface area contributed by atoms with Crippen LogP contribution >= 0.6 is 11.6 Å². The average molecular weight is 248 g/mol. The third-order valence-corrected chi connectivity index (χ3v) is 2.30. The lowest BCUT2D eigenvalue weighted by molar-refractivity contribution is 0.102. The second-order valence-corrected chi connectivity index (χ2v) is 3.42. The molecule has 0 radical (unpaired) electrons. The van der Waals surface area contributed by atoms with Crippen LogP contribution in [0.1, 0.15) is 15.9 Å². The van der Waals surface area contributed by atoms with Gasteiger partial charge in [-0.25, -0.2) is 4.98 Å². The van der Waals surface area contributed by atoms with Crippen LogP contribution in [0.5, 0.6) is 0 Å². The number of anilines is 1. The van der Waals surface area contributed by atoms with Crippen molar-refractivity contribution in [2.45, 2.75) is 0 Å². The number of aromatic nitrogens is 3. The van der Waals surface area contributed by atoms with E-state index in [1.54, 1.807) is 6.07 Å². The molecule has 2 heterocycles. The molecule has 0 aliphatic rings. The highest BCUT2D eigenvalue weighted by molar-refractivity contribution is 6.33. The molecule has 0 spiro atoms. The first-order chi connectivity index (χ1) is 8.22. The van der Waals surface area contributed by atoms with Gasteiger partial charge in [-0.15, -0.1) is 0 Å². The molecule has 0 aliphatic heterocycles. The summed E-state index contributed by atoms with van der Waals surface area (Å²) >= 11 is 5.77. The Balaban J connectivity index is 2.24. The van der Waals surface area contributed by atoms with E-state index in [0.29, 0.717) is 0 Å². The van der Waals surface area contributed by atoms with Gasteiger partial charge in [-0.3, -0.25) is 9.89 Å². The maximum Gasteiger partial charge on any atom is 0.259 e. The molecule has 2 rings (SSSR count). The Labute approximate surface area is 101 Å². The van der Waals surface area contributed by atoms with Gasteiger partial charge in [0.2, 0.25) is 0 Å². The van der Waals surface area contributed by atoms with E-state index in [1.807, 2.05) is 6.07 Å². The van der Waals surface area contributed by atoms with Crippen LogP contribution < -0.4 is 5.32 Å². The Kier molecular flexibility index (Phi) is 3.03. The Morgan fingerprint density at radius 2 is 2.41 bits per heavy atom. The largest absolute Gasteiger partial charge is 0.306 e. The highest BCUT2D eigenvalue weighted by Crippen LogP contribution is 2.15. The summed E-state index contributed by atoms with van der Waals surface area (Å²) in [6, 6.07) is 5.02. The number of amides is 1. The molecule has 0 atom stereocenters. The van der Waals surface area contributed by atoms with Gasteiger partial charge in [0.15, 0.2) is 0 Å². The summed E-state index contributed by atoms with van der Waals surface area (Å²) in [5.41, 5.74) is 0.478. The molecule has 17 heavy (non-hydrogen) atoms. The first-order valence-corrected chi connectivity index (χ1v) is 4.95. The number of H-pyrrole nitrogens is 1. The highest BCUT2D eigenvalue weighted by atomic mass is 35.5. The van der Waals surface area contributed by atoms with E-state index in [2.05, 4.69) is 20.5 Å². The zero-order valence-electron chi connectivity index (χ0n) is 8.44. The quantitative estimate of drug-likeness (QED) is 0.788. The number of nitriles is 1. The lowest BCUT2D eigenvalue weighted by Crippen LogP contribution is -2.13. The van der Waals surface area contributed by atoms with Gasteiger partial charge in [0.05, 0.1) is 11.8 Å². The SMILES string of the molecule is N#Cc1cn[nH]c1NC(=O)c1cccnc1Cl. The Bertz CT molecular complexity index is 601. The maximum atomic E-state index is 11.8. The van der Waals surface area contributed by atoms with Gasteiger partial charge in [0.25, 0.3) is 5.91 Å². The molecule has 0 bridgehead atoms. The molecule has 0 aromatic carbocycles. The summed E-state index contributed by atoms with van der Waals surface area (Å²) in [6.07, 6.45) is 2.80. The van der Waals surface area contributed by atoms with Gasteiger partial charge in [0.1, 0.15) is 22.6 Å². The van der Waals surface area contributed by atoms with E-state index >= 15 is 0 Å². The summed E-state index contributed by atoms with van der Waals surface area (Å²) in [6.45, 7) is 0. The average Bonchev–Trinajstić information content (AvgIpc) is 2.76. The minimum absolute atomic E-state index is 0.100. The first-order valence-electron chi connectivity index (χ1n) is 4.57. The summed E-state index contributed by atoms with van der Waals surface area (Å²) in [4.78, 5) is 15.6. The number of nitrogens with one attached hydrogen (secondary N) is 2. The fourth-order valence-corrected chi connectivity index (χ4v) is 1.41. The summed E-state index contributed by atoms with van der Waals surface area (Å²) in [5, 5.41) is 17.5. The topological polar surface area (TPSA) is 94.5 Å². The second kappa shape index (κ2) is 4.63. The molecule has 2 aromatic rings. The number of carbonyl (C=O) groups excluding carboxylic acids is 1. The lowest BCUT2D eigenvalue weighted by Gasteiger charge is -2.03. The van der Waals surface area contributed by atoms with Crippen LogP contribution in [0.2, 0.25) is 5.15 Å². The van der Waals surface area contributed by atoms with Crippen LogP contribution in [-0.4, -0.2) is 21.1 Å². The molecule has 84 valence electrons. The molecule has 0 aliphatic carbocycles. The Morgan fingerprint density at radius 3 is 3.12 bits per heavy atom. The maximum absolute atomic E-state index is 11.8. The van der Waals surface area contributed by atoms with Crippen molar-refractivity contribution in [2.75, 3.05) is 5.32 Å². The highest BCUT2D eigenvalue weighted by Gasteiger charge is 2.13. The molecule has 0 saturated carbocycles. The van der Waals surface area contributed by atoms with Crippen LogP contribution in [0, 0.1) is 11.3 Å². The lowest BCUT2D eigenvalue weighted by atomic mass is 10.2. The van der Waals surface area contributed by atoms with E-state index in [1.165, 1.54) is 18.5 Å². The van der Waals surface area contributed by atoms with Crippen molar-refractivity contribution in [3.63, 3.8) is 0 Å². The number of rotatable bonds is 2. The fraction of sp³-hybridized carbons (Fsp3) is 0. The Hall–Kier alpha value is -2.39. The van der Waals surface area contributed by atoms with E-state index in [9.17, 15) is 4.79 Å². The number of hydrogen-bond donors (Lipinski definition) is 2. The van der Waals surface area contributed by atoms with Gasteiger partial charge >= 0.3 is 0 Å². The van der Waals surface area contributed by atoms with Crippen LogP contribution in [0.15, 0.2) is 24.5 Å². The molecule has 0 unspecified atom stereocenters. The standard InChI is InChI=1S/C10H6ClN5O/c11-8-7(2-1-3-13-8)10(17)15-9-6(4-12)5-14-16-9/h1-3,5H,(H2,14,15,16,17). The van der Waals surface area contributed by atoms with Crippen molar-refractivity contribution in [1.82, 2.24) is 15.2 Å². The number of nitrogens with zero attached hydrogens (tertiary/aromatic N) is 3. The van der Waals surface area contributed by atoms with Crippen LogP contribution in [0.3, 0.4) is 0 Å². The van der Waals surface area contributed by atoms with Gasteiger partial charge in [-0.05, 0) is 12.1 Å². The summed E-state index contributed by atoms with van der Waals surface area (Å²) in [5.74, 6) is -0.221. The molecule has 6 nitrogen and oxygen atoms in total. The van der Waals surface area contributed by atoms with Crippen molar-refractivity contribution < 1.29 is 4.79 Å². The van der Waals surface area contributed by atoms with Gasteiger partial charge in [-0.2, -0.15) is 10.4 Å². The van der Waals surface area contributed by atoms with Crippen molar-refractivity contribution >= 4 is 23.3 Å². The van der Waals surface area contributed by atoms with E-state index < -0.39 is 5.91 Å². The molecular weight excluding hydrogens is 242 g/mol. The van der Waals surface area contributed by atoms with Gasteiger partial charge < -0.3 is 5.32 Å². The Morgan fingerprint density at radius 1 is 1.59 bits per heavy atom. The van der Waals surface area contributed by atoms with Crippen LogP contribution in [0.4, 0.5) is 5.82 Å². The molecule has 2 N–H and O–H groups in total. The van der Waals surface area contributed by atoms with Crippen LogP contribution in [0.25, 0.3) is 0 Å². The molecular formula is C10H6ClN5O. The van der Waals surface area contributed by atoms with Crippen molar-refractivity contribution in [1.29, 1.82) is 5.26 Å². The predicted molar refractivity (Wildman–Crippen MR) is 60.5 cm³/mol. The third-order valence-electron chi connectivity index (χ3n) is 2.00. The third kappa shape index (κ3) is 2.24. The van der Waals surface area contributed by atoms with Crippen molar-refractivity contribution in [3.8, 4) is 6.07 Å². The van der Waals surface area contributed by atoms with Crippen LogP contribution in [-0.2, 0) is 0 Å². The van der Waals surface area contributed by atoms with Crippen molar-refractivity contribution in [2.24, 2.45) is 0 Å². The monoisotopic (exact) mass is 247 g/mol. The molecule has 0 saturated heterocycles. The normalized spacial score (nSPS) is 9.65. The van der Waals surface area contributed by atoms with E-state index in [4.69, 9.17) is 16.9 Å². The second-order valence-electron chi connectivity index (χ2n) is 3.07. The number of aromatic amines is 1. The smallest absolute Gasteiger partial charge is 0.259 e. The number of pyridine rings is 1.